The lowest BCUT2D eigenvalue weighted by Gasteiger charge is -2.03. The van der Waals surface area contributed by atoms with Crippen LogP contribution in [0.3, 0.4) is 0 Å². The second kappa shape index (κ2) is 6.19. The number of aromatic nitrogens is 2. The van der Waals surface area contributed by atoms with Crippen LogP contribution in [-0.4, -0.2) is 28.3 Å². The molecule has 1 heterocycles. The lowest BCUT2D eigenvalue weighted by molar-refractivity contribution is -0.138. The molecule has 0 amide bonds. The molecule has 4 nitrogen and oxygen atoms in total. The Labute approximate surface area is 92.8 Å². The zero-order valence-electron chi connectivity index (χ0n) is 8.47. The zero-order valence-corrected chi connectivity index (χ0v) is 9.29. The third-order valence-corrected chi connectivity index (χ3v) is 2.44. The quantitative estimate of drug-likeness (QED) is 0.330. The molecule has 0 spiro atoms. The first kappa shape index (κ1) is 11.7. The number of hydrogen-bond donors (Lipinski definition) is 0. The van der Waals surface area contributed by atoms with E-state index < -0.39 is 0 Å². The van der Waals surface area contributed by atoms with Crippen LogP contribution in [0.1, 0.15) is 6.92 Å². The van der Waals surface area contributed by atoms with Gasteiger partial charge in [-0.25, -0.2) is 14.8 Å². The Morgan fingerprint density at radius 2 is 2.20 bits per heavy atom. The van der Waals surface area contributed by atoms with Gasteiger partial charge in [0.1, 0.15) is 0 Å². The van der Waals surface area contributed by atoms with Crippen LogP contribution in [0.15, 0.2) is 35.8 Å². The molecule has 5 heteroatoms. The van der Waals surface area contributed by atoms with Crippen molar-refractivity contribution in [1.29, 1.82) is 0 Å². The van der Waals surface area contributed by atoms with Crippen molar-refractivity contribution in [2.24, 2.45) is 0 Å². The van der Waals surface area contributed by atoms with Crippen molar-refractivity contribution in [3.05, 3.63) is 30.6 Å². The van der Waals surface area contributed by atoms with E-state index in [1.165, 1.54) is 11.8 Å². The van der Waals surface area contributed by atoms with Crippen molar-refractivity contribution in [3.8, 4) is 0 Å². The van der Waals surface area contributed by atoms with Gasteiger partial charge in [0.25, 0.3) is 0 Å². The molecule has 0 aliphatic heterocycles. The van der Waals surface area contributed by atoms with Crippen LogP contribution in [-0.2, 0) is 9.53 Å². The summed E-state index contributed by atoms with van der Waals surface area (Å²) in [5.74, 6) is 0.0870. The fourth-order valence-corrected chi connectivity index (χ4v) is 1.50. The SMILES string of the molecule is C=C(CSc1ncccn1)C(=O)OCC. The summed E-state index contributed by atoms with van der Waals surface area (Å²) in [5, 5.41) is 0.628. The molecule has 0 unspecified atom stereocenters. The Bertz CT molecular complexity index is 341. The van der Waals surface area contributed by atoms with Gasteiger partial charge in [-0.2, -0.15) is 0 Å². The smallest absolute Gasteiger partial charge is 0.334 e. The van der Waals surface area contributed by atoms with E-state index >= 15 is 0 Å². The minimum atomic E-state index is -0.360. The highest BCUT2D eigenvalue weighted by Crippen LogP contribution is 2.14. The second-order valence-corrected chi connectivity index (χ2v) is 3.59. The number of thioether (sulfide) groups is 1. The van der Waals surface area contributed by atoms with Crippen LogP contribution in [0, 0.1) is 0 Å². The fraction of sp³-hybridized carbons (Fsp3) is 0.300. The number of esters is 1. The molecule has 0 bridgehead atoms. The molecular weight excluding hydrogens is 212 g/mol. The van der Waals surface area contributed by atoms with E-state index in [2.05, 4.69) is 16.5 Å². The van der Waals surface area contributed by atoms with Crippen LogP contribution in [0.25, 0.3) is 0 Å². The predicted molar refractivity (Wildman–Crippen MR) is 58.5 cm³/mol. The molecule has 0 saturated heterocycles. The Kier molecular flexibility index (Phi) is 4.83. The normalized spacial score (nSPS) is 9.67. The van der Waals surface area contributed by atoms with Gasteiger partial charge in [0.15, 0.2) is 5.16 Å². The van der Waals surface area contributed by atoms with Crippen molar-refractivity contribution in [2.75, 3.05) is 12.4 Å². The average Bonchev–Trinajstić information content (AvgIpc) is 2.27. The largest absolute Gasteiger partial charge is 0.463 e. The molecule has 80 valence electrons. The predicted octanol–water partition coefficient (Wildman–Crippen LogP) is 1.69. The second-order valence-electron chi connectivity index (χ2n) is 2.64. The van der Waals surface area contributed by atoms with Gasteiger partial charge in [0, 0.05) is 23.7 Å². The van der Waals surface area contributed by atoms with Crippen molar-refractivity contribution in [3.63, 3.8) is 0 Å². The highest BCUT2D eigenvalue weighted by Gasteiger charge is 2.08. The number of rotatable bonds is 5. The summed E-state index contributed by atoms with van der Waals surface area (Å²) in [6, 6.07) is 1.74. The third kappa shape index (κ3) is 4.12. The number of carbonyl (C=O) groups excluding carboxylic acids is 1. The Morgan fingerprint density at radius 3 is 2.80 bits per heavy atom. The molecular formula is C10H12N2O2S. The maximum absolute atomic E-state index is 11.2. The topological polar surface area (TPSA) is 52.1 Å². The highest BCUT2D eigenvalue weighted by molar-refractivity contribution is 7.99. The van der Waals surface area contributed by atoms with E-state index in [-0.39, 0.29) is 5.97 Å². The maximum Gasteiger partial charge on any atom is 0.334 e. The van der Waals surface area contributed by atoms with Crippen LogP contribution >= 0.6 is 11.8 Å². The molecule has 1 aromatic rings. The summed E-state index contributed by atoms with van der Waals surface area (Å²) in [7, 11) is 0. The summed E-state index contributed by atoms with van der Waals surface area (Å²) < 4.78 is 4.80. The van der Waals surface area contributed by atoms with E-state index in [1.54, 1.807) is 25.4 Å². The van der Waals surface area contributed by atoms with Gasteiger partial charge >= 0.3 is 5.97 Å². The minimum Gasteiger partial charge on any atom is -0.463 e. The van der Waals surface area contributed by atoms with Gasteiger partial charge in [0.05, 0.1) is 6.61 Å². The molecule has 1 aromatic heterocycles. The van der Waals surface area contributed by atoms with E-state index in [0.29, 0.717) is 23.1 Å². The van der Waals surface area contributed by atoms with Crippen LogP contribution in [0.4, 0.5) is 0 Å². The monoisotopic (exact) mass is 224 g/mol. The molecule has 0 aliphatic carbocycles. The first-order valence-corrected chi connectivity index (χ1v) is 5.47. The van der Waals surface area contributed by atoms with Crippen LogP contribution in [0.5, 0.6) is 0 Å². The number of hydrogen-bond acceptors (Lipinski definition) is 5. The van der Waals surface area contributed by atoms with Gasteiger partial charge in [-0.05, 0) is 13.0 Å². The Balaban J connectivity index is 2.38. The van der Waals surface area contributed by atoms with Crippen LogP contribution in [0.2, 0.25) is 0 Å². The van der Waals surface area contributed by atoms with E-state index in [4.69, 9.17) is 4.74 Å². The van der Waals surface area contributed by atoms with Gasteiger partial charge in [0.2, 0.25) is 0 Å². The molecule has 0 aromatic carbocycles. The molecule has 0 atom stereocenters. The lowest BCUT2D eigenvalue weighted by atomic mass is 10.4. The molecule has 0 saturated carbocycles. The molecule has 0 fully saturated rings. The molecule has 0 radical (unpaired) electrons. The van der Waals surface area contributed by atoms with Gasteiger partial charge in [-0.15, -0.1) is 0 Å². The summed E-state index contributed by atoms with van der Waals surface area (Å²) in [6.07, 6.45) is 3.31. The summed E-state index contributed by atoms with van der Waals surface area (Å²) in [4.78, 5) is 19.2. The van der Waals surface area contributed by atoms with Crippen LogP contribution < -0.4 is 0 Å². The first-order valence-electron chi connectivity index (χ1n) is 4.48. The molecule has 0 N–H and O–H groups in total. The fourth-order valence-electron chi connectivity index (χ4n) is 0.804. The molecule has 0 aliphatic rings. The average molecular weight is 224 g/mol. The van der Waals surface area contributed by atoms with Crippen molar-refractivity contribution in [1.82, 2.24) is 9.97 Å². The minimum absolute atomic E-state index is 0.360. The van der Waals surface area contributed by atoms with Crippen molar-refractivity contribution in [2.45, 2.75) is 12.1 Å². The molecule has 15 heavy (non-hydrogen) atoms. The molecule has 1 rings (SSSR count). The van der Waals surface area contributed by atoms with E-state index in [1.807, 2.05) is 0 Å². The Morgan fingerprint density at radius 1 is 1.53 bits per heavy atom. The number of nitrogens with zero attached hydrogens (tertiary/aromatic N) is 2. The standard InChI is InChI=1S/C10H12N2O2S/c1-3-14-9(13)8(2)7-15-10-11-5-4-6-12-10/h4-6H,2-3,7H2,1H3. The highest BCUT2D eigenvalue weighted by atomic mass is 32.2. The van der Waals surface area contributed by atoms with E-state index in [9.17, 15) is 4.79 Å². The van der Waals surface area contributed by atoms with E-state index in [0.717, 1.165) is 0 Å². The van der Waals surface area contributed by atoms with Gasteiger partial charge in [-0.1, -0.05) is 18.3 Å². The maximum atomic E-state index is 11.2. The summed E-state index contributed by atoms with van der Waals surface area (Å²) in [5.41, 5.74) is 0.425. The third-order valence-electron chi connectivity index (χ3n) is 1.48. The Hall–Kier alpha value is -1.36. The summed E-state index contributed by atoms with van der Waals surface area (Å²) in [6.45, 7) is 5.77. The number of ether oxygens (including phenoxy) is 1. The first-order chi connectivity index (χ1) is 7.24. The lowest BCUT2D eigenvalue weighted by Crippen LogP contribution is -2.08. The number of carbonyl (C=O) groups is 1. The summed E-state index contributed by atoms with van der Waals surface area (Å²) >= 11 is 1.36. The van der Waals surface area contributed by atoms with Crippen molar-refractivity contribution >= 4 is 17.7 Å². The van der Waals surface area contributed by atoms with Gasteiger partial charge < -0.3 is 4.74 Å². The zero-order chi connectivity index (χ0) is 11.1. The van der Waals surface area contributed by atoms with Gasteiger partial charge in [-0.3, -0.25) is 0 Å². The van der Waals surface area contributed by atoms with Crippen molar-refractivity contribution < 1.29 is 9.53 Å².